The summed E-state index contributed by atoms with van der Waals surface area (Å²) < 4.78 is 5.57. The molecule has 1 heterocycles. The van der Waals surface area contributed by atoms with Gasteiger partial charge in [0.2, 0.25) is 11.8 Å². The molecule has 0 saturated carbocycles. The summed E-state index contributed by atoms with van der Waals surface area (Å²) in [7, 11) is 0. The lowest BCUT2D eigenvalue weighted by Crippen LogP contribution is -2.51. The second-order valence-electron chi connectivity index (χ2n) is 8.19. The molecule has 0 aliphatic carbocycles. The number of anilines is 1. The Balaban J connectivity index is 1.83. The largest absolute Gasteiger partial charge is 0.449 e. The minimum atomic E-state index is -0.871. The SMILES string of the molecule is N#Cc1ccc(NC(=O)OCC2(C(C(N)=O)c3ccccc3Cl)CCN(C(=O)CN)CC2)cc1. The molecule has 10 heteroatoms. The van der Waals surface area contributed by atoms with Gasteiger partial charge in [-0.1, -0.05) is 29.8 Å². The summed E-state index contributed by atoms with van der Waals surface area (Å²) in [6, 6.07) is 15.2. The predicted molar refractivity (Wildman–Crippen MR) is 127 cm³/mol. The monoisotopic (exact) mass is 483 g/mol. The summed E-state index contributed by atoms with van der Waals surface area (Å²) in [6.45, 7) is 0.453. The van der Waals surface area contributed by atoms with Crippen LogP contribution in [0.3, 0.4) is 0 Å². The number of halogens is 1. The number of rotatable bonds is 7. The number of nitrogens with two attached hydrogens (primary N) is 2. The van der Waals surface area contributed by atoms with Gasteiger partial charge in [0.15, 0.2) is 0 Å². The number of nitrogens with one attached hydrogen (secondary N) is 1. The normalized spacial score (nSPS) is 15.6. The Morgan fingerprint density at radius 3 is 2.35 bits per heavy atom. The first kappa shape index (κ1) is 25.0. The van der Waals surface area contributed by atoms with Crippen LogP contribution in [-0.2, 0) is 14.3 Å². The molecule has 1 fully saturated rings. The third kappa shape index (κ3) is 5.65. The van der Waals surface area contributed by atoms with Gasteiger partial charge in [-0.25, -0.2) is 4.79 Å². The third-order valence-electron chi connectivity index (χ3n) is 6.15. The molecular weight excluding hydrogens is 458 g/mol. The predicted octanol–water partition coefficient (Wildman–Crippen LogP) is 2.60. The molecule has 0 aromatic heterocycles. The number of carbonyl (C=O) groups is 3. The Morgan fingerprint density at radius 2 is 1.79 bits per heavy atom. The highest BCUT2D eigenvalue weighted by Crippen LogP contribution is 2.46. The van der Waals surface area contributed by atoms with E-state index >= 15 is 0 Å². The van der Waals surface area contributed by atoms with Gasteiger partial charge in [-0.05, 0) is 48.7 Å². The maximum absolute atomic E-state index is 12.7. The van der Waals surface area contributed by atoms with E-state index < -0.39 is 23.3 Å². The van der Waals surface area contributed by atoms with Crippen LogP contribution in [0, 0.1) is 16.7 Å². The number of nitriles is 1. The molecule has 0 radical (unpaired) electrons. The molecule has 3 rings (SSSR count). The van der Waals surface area contributed by atoms with Gasteiger partial charge in [0.25, 0.3) is 0 Å². The van der Waals surface area contributed by atoms with E-state index in [0.29, 0.717) is 47.8 Å². The molecular formula is C24H26ClN5O4. The van der Waals surface area contributed by atoms with Gasteiger partial charge in [0, 0.05) is 29.2 Å². The summed E-state index contributed by atoms with van der Waals surface area (Å²) >= 11 is 6.41. The second kappa shape index (κ2) is 11.0. The minimum Gasteiger partial charge on any atom is -0.449 e. The maximum Gasteiger partial charge on any atom is 0.411 e. The van der Waals surface area contributed by atoms with Crippen molar-refractivity contribution < 1.29 is 19.1 Å². The fourth-order valence-corrected chi connectivity index (χ4v) is 4.58. The number of benzene rings is 2. The fraction of sp³-hybridized carbons (Fsp3) is 0.333. The van der Waals surface area contributed by atoms with E-state index in [0.717, 1.165) is 0 Å². The van der Waals surface area contributed by atoms with E-state index in [-0.39, 0.29) is 19.1 Å². The zero-order valence-electron chi connectivity index (χ0n) is 18.5. The van der Waals surface area contributed by atoms with Gasteiger partial charge in [0.1, 0.15) is 6.61 Å². The Labute approximate surface area is 202 Å². The van der Waals surface area contributed by atoms with Crippen molar-refractivity contribution in [3.05, 3.63) is 64.7 Å². The lowest BCUT2D eigenvalue weighted by Gasteiger charge is -2.45. The molecule has 0 bridgehead atoms. The van der Waals surface area contributed by atoms with Gasteiger partial charge in [-0.2, -0.15) is 5.26 Å². The van der Waals surface area contributed by atoms with E-state index in [1.165, 1.54) is 0 Å². The highest BCUT2D eigenvalue weighted by molar-refractivity contribution is 6.31. The average molecular weight is 484 g/mol. The van der Waals surface area contributed by atoms with Crippen LogP contribution in [0.5, 0.6) is 0 Å². The van der Waals surface area contributed by atoms with Gasteiger partial charge >= 0.3 is 6.09 Å². The molecule has 9 nitrogen and oxygen atoms in total. The van der Waals surface area contributed by atoms with E-state index in [9.17, 15) is 14.4 Å². The fourth-order valence-electron chi connectivity index (χ4n) is 4.33. The first-order valence-corrected chi connectivity index (χ1v) is 11.1. The molecule has 1 aliphatic heterocycles. The Bertz CT molecular complexity index is 1090. The van der Waals surface area contributed by atoms with E-state index in [1.54, 1.807) is 53.4 Å². The van der Waals surface area contributed by atoms with Crippen molar-refractivity contribution in [3.63, 3.8) is 0 Å². The smallest absolute Gasteiger partial charge is 0.411 e. The van der Waals surface area contributed by atoms with Crippen LogP contribution in [0.15, 0.2) is 48.5 Å². The van der Waals surface area contributed by atoms with Crippen molar-refractivity contribution in [3.8, 4) is 6.07 Å². The van der Waals surface area contributed by atoms with Crippen molar-refractivity contribution in [2.45, 2.75) is 18.8 Å². The summed E-state index contributed by atoms with van der Waals surface area (Å²) in [5, 5.41) is 11.9. The Morgan fingerprint density at radius 1 is 1.15 bits per heavy atom. The van der Waals surface area contributed by atoms with Crippen LogP contribution >= 0.6 is 11.6 Å². The number of primary amides is 1. The maximum atomic E-state index is 12.7. The van der Waals surface area contributed by atoms with Gasteiger partial charge < -0.3 is 21.1 Å². The number of carbonyl (C=O) groups excluding carboxylic acids is 3. The molecule has 1 aliphatic rings. The zero-order chi connectivity index (χ0) is 24.7. The second-order valence-corrected chi connectivity index (χ2v) is 8.60. The van der Waals surface area contributed by atoms with Crippen LogP contribution in [0.2, 0.25) is 5.02 Å². The van der Waals surface area contributed by atoms with Crippen molar-refractivity contribution in [1.29, 1.82) is 5.26 Å². The molecule has 5 N–H and O–H groups in total. The topological polar surface area (TPSA) is 152 Å². The molecule has 1 unspecified atom stereocenters. The van der Waals surface area contributed by atoms with Crippen molar-refractivity contribution in [1.82, 2.24) is 4.90 Å². The number of amides is 3. The molecule has 2 aromatic rings. The summed E-state index contributed by atoms with van der Waals surface area (Å²) in [4.78, 5) is 39.0. The van der Waals surface area contributed by atoms with Gasteiger partial charge in [-0.3, -0.25) is 14.9 Å². The number of hydrogen-bond acceptors (Lipinski definition) is 6. The van der Waals surface area contributed by atoms with Crippen LogP contribution in [0.1, 0.15) is 29.9 Å². The highest BCUT2D eigenvalue weighted by Gasteiger charge is 2.47. The summed E-state index contributed by atoms with van der Waals surface area (Å²) in [6.07, 6.45) is 0.00982. The van der Waals surface area contributed by atoms with Gasteiger partial charge in [-0.15, -0.1) is 0 Å². The molecule has 2 aromatic carbocycles. The third-order valence-corrected chi connectivity index (χ3v) is 6.49. The molecule has 1 saturated heterocycles. The quantitative estimate of drug-likeness (QED) is 0.550. The molecule has 0 spiro atoms. The Hall–Kier alpha value is -3.61. The van der Waals surface area contributed by atoms with Gasteiger partial charge in [0.05, 0.1) is 24.1 Å². The average Bonchev–Trinajstić information content (AvgIpc) is 2.84. The van der Waals surface area contributed by atoms with Crippen molar-refractivity contribution >= 4 is 35.2 Å². The molecule has 178 valence electrons. The standard InChI is InChI=1S/C24H26ClN5O4/c25-19-4-2-1-3-18(19)21(22(28)32)24(9-11-30(12-10-24)20(31)14-27)15-34-23(33)29-17-7-5-16(13-26)6-8-17/h1-8,21H,9-12,14-15,27H2,(H2,28,32)(H,29,33). The van der Waals surface area contributed by atoms with Crippen molar-refractivity contribution in [2.75, 3.05) is 31.6 Å². The summed E-state index contributed by atoms with van der Waals surface area (Å²) in [5.74, 6) is -1.62. The minimum absolute atomic E-state index is 0.111. The van der Waals surface area contributed by atoms with E-state index in [2.05, 4.69) is 5.32 Å². The lowest BCUT2D eigenvalue weighted by atomic mass is 9.66. The van der Waals surface area contributed by atoms with E-state index in [1.807, 2.05) is 6.07 Å². The Kier molecular flexibility index (Phi) is 8.10. The van der Waals surface area contributed by atoms with Crippen LogP contribution < -0.4 is 16.8 Å². The number of nitrogens with zero attached hydrogens (tertiary/aromatic N) is 2. The molecule has 34 heavy (non-hydrogen) atoms. The zero-order valence-corrected chi connectivity index (χ0v) is 19.3. The number of likely N-dealkylation sites (tertiary alicyclic amines) is 1. The van der Waals surface area contributed by atoms with E-state index in [4.69, 9.17) is 33.1 Å². The van der Waals surface area contributed by atoms with Crippen LogP contribution in [0.25, 0.3) is 0 Å². The van der Waals surface area contributed by atoms with Crippen LogP contribution in [0.4, 0.5) is 10.5 Å². The first-order valence-electron chi connectivity index (χ1n) is 10.7. The number of ether oxygens (including phenoxy) is 1. The number of hydrogen-bond donors (Lipinski definition) is 3. The first-order chi connectivity index (χ1) is 16.3. The highest BCUT2D eigenvalue weighted by atomic mass is 35.5. The van der Waals surface area contributed by atoms with Crippen LogP contribution in [-0.4, -0.2) is 49.0 Å². The molecule has 3 amide bonds. The van der Waals surface area contributed by atoms with Crippen molar-refractivity contribution in [2.24, 2.45) is 16.9 Å². The lowest BCUT2D eigenvalue weighted by molar-refractivity contribution is -0.134. The summed E-state index contributed by atoms with van der Waals surface area (Å²) in [5.41, 5.74) is 11.9. The molecule has 1 atom stereocenters. The number of piperidine rings is 1.